The van der Waals surface area contributed by atoms with Gasteiger partial charge in [0, 0.05) is 29.5 Å². The third-order valence-corrected chi connectivity index (χ3v) is 8.32. The number of nitrogens with one attached hydrogen (secondary N) is 1. The molecule has 0 aromatic heterocycles. The Morgan fingerprint density at radius 2 is 1.52 bits per heavy atom. The van der Waals surface area contributed by atoms with Crippen LogP contribution >= 0.6 is 0 Å². The zero-order valence-electron chi connectivity index (χ0n) is 26.4. The van der Waals surface area contributed by atoms with Crippen molar-refractivity contribution in [2.24, 2.45) is 0 Å². The number of para-hydroxylation sites is 1. The van der Waals surface area contributed by atoms with Gasteiger partial charge in [-0.25, -0.2) is 8.42 Å². The summed E-state index contributed by atoms with van der Waals surface area (Å²) in [6.45, 7) is 6.43. The number of carbonyl (C=O) groups is 2. The van der Waals surface area contributed by atoms with Crippen LogP contribution in [0.25, 0.3) is 11.3 Å². The molecule has 3 aromatic carbocycles. The van der Waals surface area contributed by atoms with Gasteiger partial charge in [-0.15, -0.1) is 0 Å². The van der Waals surface area contributed by atoms with Crippen LogP contribution in [-0.4, -0.2) is 30.5 Å². The molecule has 0 saturated heterocycles. The van der Waals surface area contributed by atoms with Crippen molar-refractivity contribution in [1.82, 2.24) is 0 Å². The van der Waals surface area contributed by atoms with E-state index in [-0.39, 0.29) is 40.9 Å². The fraction of sp³-hybridized carbons (Fsp3) is 0.222. The van der Waals surface area contributed by atoms with Gasteiger partial charge in [0.25, 0.3) is 0 Å². The molecule has 1 heterocycles. The quantitative estimate of drug-likeness (QED) is 0.179. The second-order valence-electron chi connectivity index (χ2n) is 12.0. The SMILES string of the molecule is CC(C)(C)c1ccc(C(Cc2ccc(NC(=O)CCS(=O)(=O)[O-])cc2)C(=O)N(c2ccccc2)c2ccc3cccc-3o2)cc1.[Na+]. The Morgan fingerprint density at radius 1 is 0.848 bits per heavy atom. The van der Waals surface area contributed by atoms with Gasteiger partial charge in [-0.1, -0.05) is 87.5 Å². The van der Waals surface area contributed by atoms with E-state index in [4.69, 9.17) is 4.42 Å². The van der Waals surface area contributed by atoms with Gasteiger partial charge in [0.2, 0.25) is 17.7 Å². The predicted molar refractivity (Wildman–Crippen MR) is 175 cm³/mol. The first-order valence-corrected chi connectivity index (χ1v) is 16.3. The van der Waals surface area contributed by atoms with E-state index in [1.165, 1.54) is 0 Å². The largest absolute Gasteiger partial charge is 1.00 e. The Kier molecular flexibility index (Phi) is 11.3. The van der Waals surface area contributed by atoms with Gasteiger partial charge in [-0.2, -0.15) is 0 Å². The van der Waals surface area contributed by atoms with Gasteiger partial charge in [-0.3, -0.25) is 14.5 Å². The molecule has 1 aliphatic carbocycles. The van der Waals surface area contributed by atoms with Crippen LogP contribution in [0, 0.1) is 0 Å². The third-order valence-electron chi connectivity index (χ3n) is 7.62. The predicted octanol–water partition coefficient (Wildman–Crippen LogP) is 4.25. The van der Waals surface area contributed by atoms with Crippen LogP contribution < -0.4 is 39.8 Å². The zero-order chi connectivity index (χ0) is 32.2. The minimum Gasteiger partial charge on any atom is -0.748 e. The average Bonchev–Trinajstić information content (AvgIpc) is 3.48. The van der Waals surface area contributed by atoms with Crippen molar-refractivity contribution < 1.29 is 56.5 Å². The summed E-state index contributed by atoms with van der Waals surface area (Å²) < 4.78 is 38.9. The summed E-state index contributed by atoms with van der Waals surface area (Å²) in [5.74, 6) is -1.02. The first-order chi connectivity index (χ1) is 21.4. The van der Waals surface area contributed by atoms with Crippen LogP contribution in [0.15, 0.2) is 114 Å². The summed E-state index contributed by atoms with van der Waals surface area (Å²) in [4.78, 5) is 28.5. The molecule has 1 unspecified atom stereocenters. The molecule has 232 valence electrons. The van der Waals surface area contributed by atoms with E-state index in [0.29, 0.717) is 29.4 Å². The molecule has 5 rings (SSSR count). The Bertz CT molecular complexity index is 1850. The first-order valence-electron chi connectivity index (χ1n) is 14.7. The summed E-state index contributed by atoms with van der Waals surface area (Å²) in [7, 11) is -4.49. The molecular formula is C36H35N2NaO6S. The molecule has 46 heavy (non-hydrogen) atoms. The van der Waals surface area contributed by atoms with Gasteiger partial charge < -0.3 is 14.3 Å². The molecule has 0 saturated carbocycles. The molecule has 8 nitrogen and oxygen atoms in total. The van der Waals surface area contributed by atoms with Gasteiger partial charge in [0.05, 0.1) is 21.7 Å². The van der Waals surface area contributed by atoms with Crippen molar-refractivity contribution in [3.8, 4) is 11.3 Å². The average molecular weight is 647 g/mol. The van der Waals surface area contributed by atoms with Gasteiger partial charge in [0.15, 0.2) is 0 Å². The number of anilines is 3. The molecule has 1 atom stereocenters. The molecular weight excluding hydrogens is 611 g/mol. The smallest absolute Gasteiger partial charge is 0.748 e. The van der Waals surface area contributed by atoms with Crippen molar-refractivity contribution in [2.45, 2.75) is 44.9 Å². The van der Waals surface area contributed by atoms with Gasteiger partial charge in [-0.05, 0) is 64.9 Å². The number of hydrogen-bond donors (Lipinski definition) is 1. The molecule has 3 aromatic rings. The number of hydrogen-bond acceptors (Lipinski definition) is 6. The fourth-order valence-electron chi connectivity index (χ4n) is 5.14. The number of fused-ring (bicyclic) bond motifs is 1. The number of amides is 2. The van der Waals surface area contributed by atoms with Crippen LogP contribution in [0.2, 0.25) is 0 Å². The van der Waals surface area contributed by atoms with E-state index in [1.807, 2.05) is 84.9 Å². The van der Waals surface area contributed by atoms with E-state index in [0.717, 1.165) is 22.3 Å². The number of nitrogens with zero attached hydrogens (tertiary/aromatic N) is 1. The van der Waals surface area contributed by atoms with E-state index in [9.17, 15) is 22.6 Å². The Labute approximate surface area is 292 Å². The molecule has 0 bridgehead atoms. The van der Waals surface area contributed by atoms with E-state index in [1.54, 1.807) is 17.0 Å². The normalized spacial score (nSPS) is 12.3. The van der Waals surface area contributed by atoms with E-state index >= 15 is 0 Å². The number of carbonyl (C=O) groups excluding carboxylic acids is 2. The van der Waals surface area contributed by atoms with Crippen LogP contribution in [0.3, 0.4) is 0 Å². The number of benzene rings is 3. The Morgan fingerprint density at radius 3 is 2.15 bits per heavy atom. The molecule has 0 fully saturated rings. The van der Waals surface area contributed by atoms with Crippen molar-refractivity contribution in [3.05, 3.63) is 126 Å². The summed E-state index contributed by atoms with van der Waals surface area (Å²) in [6.07, 6.45) is -0.0656. The molecule has 0 radical (unpaired) electrons. The Balaban J connectivity index is 0.00000480. The second-order valence-corrected chi connectivity index (χ2v) is 13.5. The zero-order valence-corrected chi connectivity index (χ0v) is 29.2. The fourth-order valence-corrected chi connectivity index (χ4v) is 5.57. The molecule has 2 amide bonds. The van der Waals surface area contributed by atoms with E-state index in [2.05, 4.69) is 38.2 Å². The molecule has 10 heteroatoms. The summed E-state index contributed by atoms with van der Waals surface area (Å²) in [5, 5.41) is 2.61. The molecule has 1 N–H and O–H groups in total. The summed E-state index contributed by atoms with van der Waals surface area (Å²) in [5.41, 5.74) is 4.86. The van der Waals surface area contributed by atoms with E-state index < -0.39 is 34.1 Å². The number of rotatable bonds is 10. The first kappa shape index (κ1) is 35.1. The maximum Gasteiger partial charge on any atom is 1.00 e. The van der Waals surface area contributed by atoms with Crippen LogP contribution in [-0.2, 0) is 31.5 Å². The molecule has 1 aliphatic heterocycles. The minimum absolute atomic E-state index is 0. The summed E-state index contributed by atoms with van der Waals surface area (Å²) >= 11 is 0. The van der Waals surface area contributed by atoms with Crippen molar-refractivity contribution in [2.75, 3.05) is 16.0 Å². The maximum atomic E-state index is 14.7. The van der Waals surface area contributed by atoms with Crippen LogP contribution in [0.5, 0.6) is 0 Å². The standard InChI is InChI=1S/C36H36N2O6S.Na/c1-36(2,3)28-17-14-26(15-18-28)31(24-25-12-19-29(20-13-25)37-33(39)22-23-45(41,42)43)35(40)38(30-9-5-4-6-10-30)34-21-16-27-8-7-11-32(27)44-34;/h4-21,31H,22-24H2,1-3H3,(H,37,39)(H,41,42,43);/q;+1/p-1. The van der Waals surface area contributed by atoms with Crippen molar-refractivity contribution in [1.29, 1.82) is 0 Å². The van der Waals surface area contributed by atoms with Crippen molar-refractivity contribution in [3.63, 3.8) is 0 Å². The third kappa shape index (κ3) is 8.96. The van der Waals surface area contributed by atoms with Crippen LogP contribution in [0.1, 0.15) is 49.8 Å². The van der Waals surface area contributed by atoms with Crippen molar-refractivity contribution >= 4 is 39.2 Å². The molecule has 2 aliphatic rings. The molecule has 0 spiro atoms. The Hall–Kier alpha value is -3.73. The van der Waals surface area contributed by atoms with Crippen LogP contribution in [0.4, 0.5) is 17.3 Å². The monoisotopic (exact) mass is 646 g/mol. The topological polar surface area (TPSA) is 120 Å². The minimum atomic E-state index is -4.49. The van der Waals surface area contributed by atoms with Gasteiger partial charge >= 0.3 is 29.6 Å². The second kappa shape index (κ2) is 14.8. The van der Waals surface area contributed by atoms with Gasteiger partial charge in [0.1, 0.15) is 5.76 Å². The summed E-state index contributed by atoms with van der Waals surface area (Å²) in [6, 6.07) is 34.0. The maximum absolute atomic E-state index is 14.7.